The van der Waals surface area contributed by atoms with Crippen LogP contribution in [-0.4, -0.2) is 11.7 Å². The molecule has 0 radical (unpaired) electrons. The van der Waals surface area contributed by atoms with Gasteiger partial charge < -0.3 is 5.11 Å². The number of rotatable bonds is 2. The zero-order valence-electron chi connectivity index (χ0n) is 8.09. The molecule has 0 saturated carbocycles. The Labute approximate surface area is 91.5 Å². The maximum absolute atomic E-state index is 9.15. The van der Waals surface area contributed by atoms with Crippen LogP contribution in [0.25, 0.3) is 0 Å². The number of thiol groups is 1. The van der Waals surface area contributed by atoms with Crippen molar-refractivity contribution >= 4 is 10.9 Å². The molecule has 76 valence electrons. The molecule has 1 aromatic carbocycles. The highest BCUT2D eigenvalue weighted by molar-refractivity contribution is 8.23. The van der Waals surface area contributed by atoms with Crippen LogP contribution in [-0.2, 0) is 0 Å². The predicted molar refractivity (Wildman–Crippen MR) is 62.7 cm³/mol. The van der Waals surface area contributed by atoms with Gasteiger partial charge in [0.25, 0.3) is 0 Å². The zero-order chi connectivity index (χ0) is 10.7. The molecule has 0 saturated heterocycles. The molecule has 1 heterocycles. The number of aliphatic hydroxyl groups is 1. The van der Waals surface area contributed by atoms with Crippen LogP contribution in [0.2, 0.25) is 0 Å². The van der Waals surface area contributed by atoms with Gasteiger partial charge in [0.15, 0.2) is 0 Å². The zero-order valence-corrected chi connectivity index (χ0v) is 8.98. The summed E-state index contributed by atoms with van der Waals surface area (Å²) in [4.78, 5) is 2.24. The van der Waals surface area contributed by atoms with Crippen molar-refractivity contribution in [2.45, 2.75) is 4.90 Å². The molecular formula is C12H11NOS. The minimum Gasteiger partial charge on any atom is -0.391 e. The fourth-order valence-corrected chi connectivity index (χ4v) is 3.32. The highest BCUT2D eigenvalue weighted by Gasteiger charge is 2.11. The van der Waals surface area contributed by atoms with Crippen LogP contribution in [0.15, 0.2) is 51.6 Å². The van der Waals surface area contributed by atoms with Gasteiger partial charge in [-0.15, -0.1) is 0 Å². The average Bonchev–Trinajstić information content (AvgIpc) is 2.77. The molecule has 0 amide bonds. The summed E-state index contributed by atoms with van der Waals surface area (Å²) >= 11 is 0. The molecular weight excluding hydrogens is 206 g/mol. The van der Waals surface area contributed by atoms with Crippen LogP contribution in [0.5, 0.6) is 0 Å². The SMILES string of the molecule is N#Cc1ccc([SH]2C=CC=C2CO)cc1. The molecule has 1 unspecified atom stereocenters. The second kappa shape index (κ2) is 4.35. The number of nitriles is 1. The standard InChI is InChI=1S/C12H11NOS/c13-8-10-3-5-11(6-4-10)15-7-1-2-12(15)9-14/h1-7,14-15H,9H2. The predicted octanol–water partition coefficient (Wildman–Crippen LogP) is 2.32. The first kappa shape index (κ1) is 10.0. The van der Waals surface area contributed by atoms with Crippen molar-refractivity contribution in [3.05, 3.63) is 52.3 Å². The Morgan fingerprint density at radius 1 is 1.27 bits per heavy atom. The topological polar surface area (TPSA) is 44.0 Å². The van der Waals surface area contributed by atoms with E-state index in [1.807, 2.05) is 36.4 Å². The average molecular weight is 217 g/mol. The lowest BCUT2D eigenvalue weighted by molar-refractivity contribution is 0.339. The highest BCUT2D eigenvalue weighted by atomic mass is 32.2. The van der Waals surface area contributed by atoms with Crippen molar-refractivity contribution in [2.75, 3.05) is 6.61 Å². The van der Waals surface area contributed by atoms with Gasteiger partial charge in [-0.25, -0.2) is 0 Å². The second-order valence-corrected chi connectivity index (χ2v) is 5.32. The van der Waals surface area contributed by atoms with Crippen LogP contribution in [0.3, 0.4) is 0 Å². The third-order valence-corrected chi connectivity index (χ3v) is 4.50. The van der Waals surface area contributed by atoms with Crippen LogP contribution >= 0.6 is 10.9 Å². The normalized spacial score (nSPS) is 21.1. The van der Waals surface area contributed by atoms with E-state index < -0.39 is 10.9 Å². The molecule has 1 aromatic rings. The molecule has 0 spiro atoms. The van der Waals surface area contributed by atoms with Crippen molar-refractivity contribution in [3.8, 4) is 6.07 Å². The minimum atomic E-state index is -0.500. The van der Waals surface area contributed by atoms with Gasteiger partial charge in [-0.3, -0.25) is 0 Å². The summed E-state index contributed by atoms with van der Waals surface area (Å²) in [6.45, 7) is 0.110. The Balaban J connectivity index is 2.28. The van der Waals surface area contributed by atoms with E-state index in [1.165, 1.54) is 4.90 Å². The summed E-state index contributed by atoms with van der Waals surface area (Å²) in [6, 6.07) is 9.66. The van der Waals surface area contributed by atoms with Crippen molar-refractivity contribution in [1.29, 1.82) is 5.26 Å². The number of nitrogens with zero attached hydrogens (tertiary/aromatic N) is 1. The molecule has 1 atom stereocenters. The fraction of sp³-hybridized carbons (Fsp3) is 0.0833. The highest BCUT2D eigenvalue weighted by Crippen LogP contribution is 2.47. The maximum atomic E-state index is 9.15. The van der Waals surface area contributed by atoms with Crippen LogP contribution in [0.1, 0.15) is 5.56 Å². The van der Waals surface area contributed by atoms with Crippen LogP contribution in [0.4, 0.5) is 0 Å². The Morgan fingerprint density at radius 3 is 2.60 bits per heavy atom. The third kappa shape index (κ3) is 1.96. The van der Waals surface area contributed by atoms with E-state index in [0.717, 1.165) is 4.91 Å². The molecule has 3 heteroatoms. The lowest BCUT2D eigenvalue weighted by atomic mass is 10.2. The second-order valence-electron chi connectivity index (χ2n) is 3.19. The Kier molecular flexibility index (Phi) is 2.91. The van der Waals surface area contributed by atoms with Crippen LogP contribution in [0, 0.1) is 11.3 Å². The first-order valence-corrected chi connectivity index (χ1v) is 6.04. The van der Waals surface area contributed by atoms with E-state index in [-0.39, 0.29) is 6.61 Å². The summed E-state index contributed by atoms with van der Waals surface area (Å²) < 4.78 is 0. The lowest BCUT2D eigenvalue weighted by Crippen LogP contribution is -1.89. The molecule has 2 nitrogen and oxygen atoms in total. The van der Waals surface area contributed by atoms with E-state index in [2.05, 4.69) is 11.5 Å². The van der Waals surface area contributed by atoms with Gasteiger partial charge in [-0.1, -0.05) is 12.2 Å². The first-order valence-electron chi connectivity index (χ1n) is 4.63. The fourth-order valence-electron chi connectivity index (χ4n) is 1.49. The molecule has 0 aliphatic carbocycles. The van der Waals surface area contributed by atoms with E-state index in [1.54, 1.807) is 0 Å². The molecule has 0 fully saturated rings. The van der Waals surface area contributed by atoms with Crippen molar-refractivity contribution in [1.82, 2.24) is 0 Å². The summed E-state index contributed by atoms with van der Waals surface area (Å²) in [6.07, 6.45) is 3.94. The molecule has 1 aliphatic heterocycles. The first-order chi connectivity index (χ1) is 7.35. The maximum Gasteiger partial charge on any atom is 0.0991 e. The van der Waals surface area contributed by atoms with Gasteiger partial charge in [0, 0.05) is 0 Å². The summed E-state index contributed by atoms with van der Waals surface area (Å²) in [5, 5.41) is 19.9. The Morgan fingerprint density at radius 2 is 2.00 bits per heavy atom. The number of hydrogen-bond donors (Lipinski definition) is 2. The van der Waals surface area contributed by atoms with Crippen molar-refractivity contribution in [2.24, 2.45) is 0 Å². The summed E-state index contributed by atoms with van der Waals surface area (Å²) in [5.41, 5.74) is 0.673. The monoisotopic (exact) mass is 217 g/mol. The molecule has 0 bridgehead atoms. The van der Waals surface area contributed by atoms with Gasteiger partial charge >= 0.3 is 0 Å². The van der Waals surface area contributed by atoms with Gasteiger partial charge in [-0.05, 0) is 39.5 Å². The van der Waals surface area contributed by atoms with Crippen LogP contribution < -0.4 is 0 Å². The van der Waals surface area contributed by atoms with Gasteiger partial charge in [0.05, 0.1) is 18.2 Å². The van der Waals surface area contributed by atoms with E-state index >= 15 is 0 Å². The number of aliphatic hydroxyl groups excluding tert-OH is 1. The quantitative estimate of drug-likeness (QED) is 0.747. The van der Waals surface area contributed by atoms with Crippen molar-refractivity contribution in [3.63, 3.8) is 0 Å². The smallest absolute Gasteiger partial charge is 0.0991 e. The number of allylic oxidation sites excluding steroid dienone is 2. The van der Waals surface area contributed by atoms with E-state index in [0.29, 0.717) is 5.56 Å². The summed E-state index contributed by atoms with van der Waals surface area (Å²) in [7, 11) is -0.500. The number of hydrogen-bond acceptors (Lipinski definition) is 2. The Bertz CT molecular complexity index is 454. The Hall–Kier alpha value is -1.50. The molecule has 0 aromatic heterocycles. The van der Waals surface area contributed by atoms with E-state index in [4.69, 9.17) is 10.4 Å². The summed E-state index contributed by atoms with van der Waals surface area (Å²) in [5.74, 6) is 0. The van der Waals surface area contributed by atoms with Gasteiger partial charge in [0.2, 0.25) is 0 Å². The lowest BCUT2D eigenvalue weighted by Gasteiger charge is -2.16. The van der Waals surface area contributed by atoms with Gasteiger partial charge in [-0.2, -0.15) is 16.2 Å². The third-order valence-electron chi connectivity index (χ3n) is 2.27. The molecule has 15 heavy (non-hydrogen) atoms. The molecule has 1 aliphatic rings. The largest absolute Gasteiger partial charge is 0.391 e. The van der Waals surface area contributed by atoms with Crippen molar-refractivity contribution < 1.29 is 5.11 Å². The van der Waals surface area contributed by atoms with E-state index in [9.17, 15) is 0 Å². The molecule has 2 rings (SSSR count). The van der Waals surface area contributed by atoms with Gasteiger partial charge in [0.1, 0.15) is 0 Å². The number of benzene rings is 1. The molecule has 1 N–H and O–H groups in total. The minimum absolute atomic E-state index is 0.110.